The molecular formula is C14H12ClF. The van der Waals surface area contributed by atoms with Gasteiger partial charge in [-0.05, 0) is 30.2 Å². The molecule has 1 atom stereocenters. The third-order valence-corrected chi connectivity index (χ3v) is 2.78. The molecule has 0 aliphatic rings. The molecule has 0 radical (unpaired) electrons. The molecule has 2 aromatic rings. The number of benzene rings is 2. The van der Waals surface area contributed by atoms with Crippen molar-refractivity contribution in [3.63, 3.8) is 0 Å². The van der Waals surface area contributed by atoms with Crippen LogP contribution in [-0.2, 0) is 0 Å². The van der Waals surface area contributed by atoms with Crippen molar-refractivity contribution in [1.29, 1.82) is 0 Å². The number of hydrogen-bond donors (Lipinski definition) is 0. The summed E-state index contributed by atoms with van der Waals surface area (Å²) in [6, 6.07) is 14.3. The summed E-state index contributed by atoms with van der Waals surface area (Å²) in [5, 5.41) is 0.625. The molecule has 2 rings (SSSR count). The average molecular weight is 235 g/mol. The van der Waals surface area contributed by atoms with Crippen molar-refractivity contribution in [2.45, 2.75) is 13.1 Å². The van der Waals surface area contributed by atoms with Crippen LogP contribution in [0.2, 0.25) is 5.02 Å². The number of hydrogen-bond acceptors (Lipinski definition) is 0. The van der Waals surface area contributed by atoms with Crippen LogP contribution in [0.25, 0.3) is 0 Å². The quantitative estimate of drug-likeness (QED) is 0.706. The van der Waals surface area contributed by atoms with E-state index in [1.54, 1.807) is 24.3 Å². The van der Waals surface area contributed by atoms with Crippen LogP contribution >= 0.6 is 11.6 Å². The predicted octanol–water partition coefficient (Wildman–Crippen LogP) is 4.71. The molecule has 0 fully saturated rings. The molecule has 16 heavy (non-hydrogen) atoms. The highest BCUT2D eigenvalue weighted by Crippen LogP contribution is 2.27. The zero-order valence-electron chi connectivity index (χ0n) is 8.95. The second-order valence-corrected chi connectivity index (χ2v) is 4.26. The summed E-state index contributed by atoms with van der Waals surface area (Å²) in [5.41, 5.74) is 2.44. The van der Waals surface area contributed by atoms with Crippen LogP contribution in [0.15, 0.2) is 48.5 Å². The van der Waals surface area contributed by atoms with Crippen molar-refractivity contribution in [2.75, 3.05) is 0 Å². The maximum absolute atomic E-state index is 14.1. The highest BCUT2D eigenvalue weighted by molar-refractivity contribution is 6.30. The smallest absolute Gasteiger partial charge is 0.150 e. The van der Waals surface area contributed by atoms with Crippen molar-refractivity contribution in [1.82, 2.24) is 0 Å². The van der Waals surface area contributed by atoms with Gasteiger partial charge < -0.3 is 0 Å². The first-order valence-corrected chi connectivity index (χ1v) is 5.51. The third kappa shape index (κ3) is 2.42. The van der Waals surface area contributed by atoms with Crippen molar-refractivity contribution >= 4 is 11.6 Å². The first kappa shape index (κ1) is 11.2. The van der Waals surface area contributed by atoms with E-state index < -0.39 is 6.17 Å². The summed E-state index contributed by atoms with van der Waals surface area (Å²) >= 11 is 5.76. The molecule has 0 bridgehead atoms. The summed E-state index contributed by atoms with van der Waals surface area (Å²) < 4.78 is 14.1. The van der Waals surface area contributed by atoms with Crippen LogP contribution in [0, 0.1) is 6.92 Å². The zero-order valence-corrected chi connectivity index (χ0v) is 9.71. The van der Waals surface area contributed by atoms with E-state index >= 15 is 0 Å². The van der Waals surface area contributed by atoms with E-state index in [4.69, 9.17) is 11.6 Å². The second-order valence-electron chi connectivity index (χ2n) is 3.82. The summed E-state index contributed by atoms with van der Waals surface area (Å²) in [5.74, 6) is 0. The van der Waals surface area contributed by atoms with Gasteiger partial charge in [0.15, 0.2) is 6.17 Å². The Labute approximate surface area is 99.7 Å². The fourth-order valence-electron chi connectivity index (χ4n) is 1.56. The van der Waals surface area contributed by atoms with E-state index in [0.29, 0.717) is 16.1 Å². The standard InChI is InChI=1S/C14H12ClF/c1-10-2-4-11(5-3-10)14(16)12-6-8-13(15)9-7-12/h2-9,14H,1H3. The Kier molecular flexibility index (Phi) is 3.25. The minimum absolute atomic E-state index is 0.625. The van der Waals surface area contributed by atoms with Gasteiger partial charge in [0.1, 0.15) is 0 Å². The SMILES string of the molecule is Cc1ccc(C(F)c2ccc(Cl)cc2)cc1. The van der Waals surface area contributed by atoms with Crippen LogP contribution in [0.3, 0.4) is 0 Å². The van der Waals surface area contributed by atoms with E-state index in [9.17, 15) is 4.39 Å². The van der Waals surface area contributed by atoms with Crippen molar-refractivity contribution in [3.05, 3.63) is 70.2 Å². The van der Waals surface area contributed by atoms with Gasteiger partial charge in [-0.25, -0.2) is 4.39 Å². The maximum Gasteiger partial charge on any atom is 0.150 e. The fourth-order valence-corrected chi connectivity index (χ4v) is 1.69. The van der Waals surface area contributed by atoms with Crippen LogP contribution in [0.4, 0.5) is 4.39 Å². The molecule has 0 aliphatic heterocycles. The summed E-state index contributed by atoms with van der Waals surface area (Å²) in [4.78, 5) is 0. The number of halogens is 2. The van der Waals surface area contributed by atoms with E-state index in [0.717, 1.165) is 5.56 Å². The Bertz CT molecular complexity index is 414. The highest BCUT2D eigenvalue weighted by atomic mass is 35.5. The molecule has 2 heteroatoms. The van der Waals surface area contributed by atoms with E-state index in [1.807, 2.05) is 31.2 Å². The summed E-state index contributed by atoms with van der Waals surface area (Å²) in [6.45, 7) is 1.99. The lowest BCUT2D eigenvalue weighted by molar-refractivity contribution is 0.402. The van der Waals surface area contributed by atoms with Crippen LogP contribution in [-0.4, -0.2) is 0 Å². The van der Waals surface area contributed by atoms with Gasteiger partial charge in [0, 0.05) is 5.02 Å². The molecule has 0 saturated heterocycles. The molecule has 82 valence electrons. The lowest BCUT2D eigenvalue weighted by atomic mass is 10.0. The molecule has 0 aromatic heterocycles. The first-order valence-electron chi connectivity index (χ1n) is 5.13. The van der Waals surface area contributed by atoms with Crippen LogP contribution in [0.1, 0.15) is 22.9 Å². The Hall–Kier alpha value is -1.34. The third-order valence-electron chi connectivity index (χ3n) is 2.53. The van der Waals surface area contributed by atoms with Gasteiger partial charge in [-0.15, -0.1) is 0 Å². The molecule has 0 heterocycles. The van der Waals surface area contributed by atoms with E-state index in [-0.39, 0.29) is 0 Å². The van der Waals surface area contributed by atoms with Gasteiger partial charge in [-0.2, -0.15) is 0 Å². The first-order chi connectivity index (χ1) is 7.66. The lowest BCUT2D eigenvalue weighted by Crippen LogP contribution is -1.93. The van der Waals surface area contributed by atoms with Crippen molar-refractivity contribution < 1.29 is 4.39 Å². The Balaban J connectivity index is 2.28. The van der Waals surface area contributed by atoms with Crippen molar-refractivity contribution in [3.8, 4) is 0 Å². The van der Waals surface area contributed by atoms with E-state index in [2.05, 4.69) is 0 Å². The molecule has 0 spiro atoms. The minimum atomic E-state index is -1.09. The fraction of sp³-hybridized carbons (Fsp3) is 0.143. The van der Waals surface area contributed by atoms with Crippen LogP contribution in [0.5, 0.6) is 0 Å². The Morgan fingerprint density at radius 2 is 1.31 bits per heavy atom. The minimum Gasteiger partial charge on any atom is -0.237 e. The van der Waals surface area contributed by atoms with Crippen LogP contribution < -0.4 is 0 Å². The van der Waals surface area contributed by atoms with Gasteiger partial charge in [-0.3, -0.25) is 0 Å². The summed E-state index contributed by atoms with van der Waals surface area (Å²) in [6.07, 6.45) is -1.09. The largest absolute Gasteiger partial charge is 0.237 e. The second kappa shape index (κ2) is 4.67. The number of aryl methyl sites for hydroxylation is 1. The molecular weight excluding hydrogens is 223 g/mol. The molecule has 2 aromatic carbocycles. The van der Waals surface area contributed by atoms with Gasteiger partial charge in [0.25, 0.3) is 0 Å². The monoisotopic (exact) mass is 234 g/mol. The van der Waals surface area contributed by atoms with Gasteiger partial charge in [0.2, 0.25) is 0 Å². The predicted molar refractivity (Wildman–Crippen MR) is 65.6 cm³/mol. The zero-order chi connectivity index (χ0) is 11.5. The van der Waals surface area contributed by atoms with Gasteiger partial charge in [0.05, 0.1) is 0 Å². The molecule has 0 amide bonds. The Morgan fingerprint density at radius 1 is 0.875 bits per heavy atom. The molecule has 0 aliphatic carbocycles. The molecule has 0 nitrogen and oxygen atoms in total. The Morgan fingerprint density at radius 3 is 1.81 bits per heavy atom. The van der Waals surface area contributed by atoms with Crippen molar-refractivity contribution in [2.24, 2.45) is 0 Å². The molecule has 0 saturated carbocycles. The normalized spacial score (nSPS) is 12.4. The van der Waals surface area contributed by atoms with E-state index in [1.165, 1.54) is 0 Å². The molecule has 1 unspecified atom stereocenters. The number of rotatable bonds is 2. The average Bonchev–Trinajstić information content (AvgIpc) is 2.30. The topological polar surface area (TPSA) is 0 Å². The summed E-state index contributed by atoms with van der Waals surface area (Å²) in [7, 11) is 0. The highest BCUT2D eigenvalue weighted by Gasteiger charge is 2.11. The lowest BCUT2D eigenvalue weighted by Gasteiger charge is -2.09. The number of alkyl halides is 1. The molecule has 0 N–H and O–H groups in total. The van der Waals surface area contributed by atoms with Gasteiger partial charge >= 0.3 is 0 Å². The van der Waals surface area contributed by atoms with Gasteiger partial charge in [-0.1, -0.05) is 53.6 Å². The maximum atomic E-state index is 14.1.